The smallest absolute Gasteiger partial charge is 0.311 e. The molecule has 0 aliphatic rings. The molecule has 0 atom stereocenters. The Balaban J connectivity index is 1.95. The maximum absolute atomic E-state index is 11.8. The Morgan fingerprint density at radius 2 is 1.92 bits per heavy atom. The standard InChI is InChI=1S/C17H17N3O5/c1-11-5-3-6-12(2)17(11)25-10-15(21)19-18-9-13-7-4-8-14(16(13)22)20(23)24/h3-9,22H,10H2,1-2H3,(H,19,21)/b18-9-. The average Bonchev–Trinajstić information content (AvgIpc) is 2.55. The molecule has 0 aliphatic heterocycles. The zero-order valence-electron chi connectivity index (χ0n) is 13.7. The van der Waals surface area contributed by atoms with E-state index in [0.717, 1.165) is 17.3 Å². The van der Waals surface area contributed by atoms with Gasteiger partial charge in [0.2, 0.25) is 5.75 Å². The maximum Gasteiger partial charge on any atom is 0.311 e. The Hall–Kier alpha value is -3.42. The van der Waals surface area contributed by atoms with Crippen LogP contribution in [0.15, 0.2) is 41.5 Å². The monoisotopic (exact) mass is 343 g/mol. The van der Waals surface area contributed by atoms with Crippen LogP contribution in [0.5, 0.6) is 11.5 Å². The van der Waals surface area contributed by atoms with Crippen molar-refractivity contribution in [2.45, 2.75) is 13.8 Å². The van der Waals surface area contributed by atoms with Crippen molar-refractivity contribution < 1.29 is 19.6 Å². The van der Waals surface area contributed by atoms with E-state index in [1.807, 2.05) is 32.0 Å². The SMILES string of the molecule is Cc1cccc(C)c1OCC(=O)N/N=C\c1cccc([N+](=O)[O-])c1O. The van der Waals surface area contributed by atoms with Gasteiger partial charge in [-0.25, -0.2) is 5.43 Å². The van der Waals surface area contributed by atoms with Crippen molar-refractivity contribution in [3.8, 4) is 11.5 Å². The van der Waals surface area contributed by atoms with Crippen LogP contribution < -0.4 is 10.2 Å². The second-order valence-electron chi connectivity index (χ2n) is 5.27. The van der Waals surface area contributed by atoms with Crippen LogP contribution in [-0.4, -0.2) is 28.8 Å². The Kier molecular flexibility index (Phi) is 5.67. The van der Waals surface area contributed by atoms with Crippen molar-refractivity contribution in [1.82, 2.24) is 5.43 Å². The lowest BCUT2D eigenvalue weighted by atomic mass is 10.1. The van der Waals surface area contributed by atoms with E-state index >= 15 is 0 Å². The zero-order chi connectivity index (χ0) is 18.4. The van der Waals surface area contributed by atoms with Crippen LogP contribution in [-0.2, 0) is 4.79 Å². The number of hydrazone groups is 1. The number of nitro benzene ring substituents is 1. The van der Waals surface area contributed by atoms with Crippen molar-refractivity contribution in [3.05, 3.63) is 63.2 Å². The first-order chi connectivity index (χ1) is 11.9. The van der Waals surface area contributed by atoms with Crippen LogP contribution in [0.3, 0.4) is 0 Å². The Bertz CT molecular complexity index is 813. The molecular weight excluding hydrogens is 326 g/mol. The molecule has 130 valence electrons. The number of aromatic hydroxyl groups is 1. The van der Waals surface area contributed by atoms with Crippen molar-refractivity contribution in [3.63, 3.8) is 0 Å². The fourth-order valence-corrected chi connectivity index (χ4v) is 2.17. The fourth-order valence-electron chi connectivity index (χ4n) is 2.17. The number of nitro groups is 1. The molecule has 8 heteroatoms. The molecule has 2 aromatic rings. The van der Waals surface area contributed by atoms with Crippen LogP contribution >= 0.6 is 0 Å². The molecule has 0 saturated heterocycles. The number of hydrogen-bond acceptors (Lipinski definition) is 6. The number of ether oxygens (including phenoxy) is 1. The highest BCUT2D eigenvalue weighted by atomic mass is 16.6. The fraction of sp³-hybridized carbons (Fsp3) is 0.176. The predicted octanol–water partition coefficient (Wildman–Crippen LogP) is 2.45. The number of aryl methyl sites for hydroxylation is 2. The number of phenols is 1. The molecule has 8 nitrogen and oxygen atoms in total. The molecule has 0 fully saturated rings. The number of carbonyl (C=O) groups is 1. The summed E-state index contributed by atoms with van der Waals surface area (Å²) in [4.78, 5) is 21.8. The highest BCUT2D eigenvalue weighted by molar-refractivity contribution is 5.87. The minimum absolute atomic E-state index is 0.116. The molecule has 0 bridgehead atoms. The first-order valence-corrected chi connectivity index (χ1v) is 7.37. The van der Waals surface area contributed by atoms with Gasteiger partial charge in [0.25, 0.3) is 5.91 Å². The summed E-state index contributed by atoms with van der Waals surface area (Å²) in [6, 6.07) is 9.67. The number of hydrogen-bond donors (Lipinski definition) is 2. The van der Waals surface area contributed by atoms with Crippen molar-refractivity contribution in [1.29, 1.82) is 0 Å². The lowest BCUT2D eigenvalue weighted by Gasteiger charge is -2.10. The van der Waals surface area contributed by atoms with E-state index in [0.29, 0.717) is 5.75 Å². The van der Waals surface area contributed by atoms with Crippen LogP contribution in [0.2, 0.25) is 0 Å². The zero-order valence-corrected chi connectivity index (χ0v) is 13.7. The second kappa shape index (κ2) is 7.91. The molecule has 0 aliphatic carbocycles. The third-order valence-electron chi connectivity index (χ3n) is 3.39. The summed E-state index contributed by atoms with van der Waals surface area (Å²) in [6.45, 7) is 3.52. The molecule has 1 amide bonds. The van der Waals surface area contributed by atoms with Gasteiger partial charge in [0, 0.05) is 11.6 Å². The minimum Gasteiger partial charge on any atom is -0.502 e. The van der Waals surface area contributed by atoms with E-state index in [2.05, 4.69) is 10.5 Å². The molecule has 0 spiro atoms. The first-order valence-electron chi connectivity index (χ1n) is 7.37. The van der Waals surface area contributed by atoms with E-state index in [1.54, 1.807) is 0 Å². The van der Waals surface area contributed by atoms with Gasteiger partial charge >= 0.3 is 5.69 Å². The summed E-state index contributed by atoms with van der Waals surface area (Å²) in [6.07, 6.45) is 1.12. The van der Waals surface area contributed by atoms with Crippen LogP contribution in [0.25, 0.3) is 0 Å². The molecule has 2 aromatic carbocycles. The average molecular weight is 343 g/mol. The number of para-hydroxylation sites is 2. The second-order valence-corrected chi connectivity index (χ2v) is 5.27. The Labute approximate surface area is 143 Å². The third-order valence-corrected chi connectivity index (χ3v) is 3.39. The van der Waals surface area contributed by atoms with E-state index in [-0.39, 0.29) is 12.2 Å². The van der Waals surface area contributed by atoms with Gasteiger partial charge in [0.1, 0.15) is 5.75 Å². The molecular formula is C17H17N3O5. The van der Waals surface area contributed by atoms with Gasteiger partial charge in [-0.1, -0.05) is 24.3 Å². The molecule has 2 rings (SSSR count). The van der Waals surface area contributed by atoms with Gasteiger partial charge in [0.15, 0.2) is 6.61 Å². The van der Waals surface area contributed by atoms with Crippen LogP contribution in [0.1, 0.15) is 16.7 Å². The van der Waals surface area contributed by atoms with Crippen molar-refractivity contribution in [2.24, 2.45) is 5.10 Å². The maximum atomic E-state index is 11.8. The van der Waals surface area contributed by atoms with Crippen molar-refractivity contribution >= 4 is 17.8 Å². The van der Waals surface area contributed by atoms with Gasteiger partial charge < -0.3 is 9.84 Å². The highest BCUT2D eigenvalue weighted by Crippen LogP contribution is 2.27. The molecule has 2 N–H and O–H groups in total. The minimum atomic E-state index is -0.705. The molecule has 25 heavy (non-hydrogen) atoms. The van der Waals surface area contributed by atoms with Gasteiger partial charge in [-0.2, -0.15) is 5.10 Å². The summed E-state index contributed by atoms with van der Waals surface area (Å²) >= 11 is 0. The normalized spacial score (nSPS) is 10.6. The van der Waals surface area contributed by atoms with Crippen LogP contribution in [0.4, 0.5) is 5.69 Å². The number of amides is 1. The quantitative estimate of drug-likeness (QED) is 0.475. The predicted molar refractivity (Wildman–Crippen MR) is 91.9 cm³/mol. The molecule has 0 saturated carbocycles. The first kappa shape index (κ1) is 17.9. The number of nitrogens with zero attached hydrogens (tertiary/aromatic N) is 2. The molecule has 0 unspecified atom stereocenters. The van der Waals surface area contributed by atoms with E-state index in [4.69, 9.17) is 4.74 Å². The van der Waals surface area contributed by atoms with Gasteiger partial charge in [-0.3, -0.25) is 14.9 Å². The molecule has 0 radical (unpaired) electrons. The number of carbonyl (C=O) groups excluding carboxylic acids is 1. The van der Waals surface area contributed by atoms with E-state index in [9.17, 15) is 20.0 Å². The number of benzene rings is 2. The summed E-state index contributed by atoms with van der Waals surface area (Å²) in [5.74, 6) is -0.376. The van der Waals surface area contributed by atoms with Gasteiger partial charge in [-0.05, 0) is 31.0 Å². The lowest BCUT2D eigenvalue weighted by molar-refractivity contribution is -0.385. The largest absolute Gasteiger partial charge is 0.502 e. The van der Waals surface area contributed by atoms with Crippen LogP contribution in [0, 0.1) is 24.0 Å². The molecule has 0 aromatic heterocycles. The Morgan fingerprint density at radius 1 is 1.28 bits per heavy atom. The highest BCUT2D eigenvalue weighted by Gasteiger charge is 2.15. The Morgan fingerprint density at radius 3 is 2.56 bits per heavy atom. The van der Waals surface area contributed by atoms with Crippen molar-refractivity contribution in [2.75, 3.05) is 6.61 Å². The summed E-state index contributed by atoms with van der Waals surface area (Å²) in [5.41, 5.74) is 3.75. The number of phenolic OH excluding ortho intramolecular Hbond substituents is 1. The van der Waals surface area contributed by atoms with Gasteiger partial charge in [-0.15, -0.1) is 0 Å². The lowest BCUT2D eigenvalue weighted by Crippen LogP contribution is -2.25. The van der Waals surface area contributed by atoms with E-state index < -0.39 is 22.3 Å². The number of nitrogens with one attached hydrogen (secondary N) is 1. The summed E-state index contributed by atoms with van der Waals surface area (Å²) in [5, 5.41) is 24.2. The molecule has 0 heterocycles. The van der Waals surface area contributed by atoms with Gasteiger partial charge in [0.05, 0.1) is 11.1 Å². The summed E-state index contributed by atoms with van der Waals surface area (Å²) < 4.78 is 5.48. The third kappa shape index (κ3) is 4.54. The summed E-state index contributed by atoms with van der Waals surface area (Å²) in [7, 11) is 0. The topological polar surface area (TPSA) is 114 Å². The van der Waals surface area contributed by atoms with E-state index in [1.165, 1.54) is 18.2 Å². The number of rotatable bonds is 6.